The molecule has 18 heavy (non-hydrogen) atoms. The molecule has 0 saturated heterocycles. The summed E-state index contributed by atoms with van der Waals surface area (Å²) < 4.78 is 14.2. The zero-order valence-electron chi connectivity index (χ0n) is 9.06. The fraction of sp³-hybridized carbons (Fsp3) is 0.273. The van der Waals surface area contributed by atoms with Crippen LogP contribution in [0.2, 0.25) is 0 Å². The SMILES string of the molecule is O=C(O)C1Cc2cc(Br)cc(F)c2CN1C(=O)O. The lowest BCUT2D eigenvalue weighted by Crippen LogP contribution is -2.48. The summed E-state index contributed by atoms with van der Waals surface area (Å²) >= 11 is 3.12. The summed E-state index contributed by atoms with van der Waals surface area (Å²) in [4.78, 5) is 22.8. The summed E-state index contributed by atoms with van der Waals surface area (Å²) in [5, 5.41) is 18.0. The van der Waals surface area contributed by atoms with Crippen molar-refractivity contribution in [2.24, 2.45) is 0 Å². The zero-order valence-corrected chi connectivity index (χ0v) is 10.6. The molecular weight excluding hydrogens is 309 g/mol. The van der Waals surface area contributed by atoms with Gasteiger partial charge >= 0.3 is 12.1 Å². The van der Waals surface area contributed by atoms with Crippen molar-refractivity contribution in [3.05, 3.63) is 33.5 Å². The molecule has 5 nitrogen and oxygen atoms in total. The third-order valence-corrected chi connectivity index (χ3v) is 3.36. The number of hydrogen-bond donors (Lipinski definition) is 2. The summed E-state index contributed by atoms with van der Waals surface area (Å²) in [7, 11) is 0. The van der Waals surface area contributed by atoms with E-state index in [1.165, 1.54) is 6.07 Å². The molecule has 1 aromatic rings. The average Bonchev–Trinajstić information content (AvgIpc) is 2.26. The molecule has 0 aromatic heterocycles. The van der Waals surface area contributed by atoms with Crippen molar-refractivity contribution in [2.75, 3.05) is 0 Å². The number of benzene rings is 1. The molecule has 0 fully saturated rings. The quantitative estimate of drug-likeness (QED) is 0.831. The number of carboxylic acids is 1. The normalized spacial score (nSPS) is 18.3. The molecule has 1 amide bonds. The minimum absolute atomic E-state index is 0.0344. The van der Waals surface area contributed by atoms with Gasteiger partial charge in [0.2, 0.25) is 0 Å². The number of rotatable bonds is 1. The van der Waals surface area contributed by atoms with Gasteiger partial charge in [-0.25, -0.2) is 14.0 Å². The van der Waals surface area contributed by atoms with Crippen LogP contribution < -0.4 is 0 Å². The predicted octanol–water partition coefficient (Wildman–Crippen LogP) is 2.08. The van der Waals surface area contributed by atoms with Crippen molar-refractivity contribution < 1.29 is 24.2 Å². The average molecular weight is 318 g/mol. The summed E-state index contributed by atoms with van der Waals surface area (Å²) in [6.45, 7) is -0.249. The molecule has 0 saturated carbocycles. The lowest BCUT2D eigenvalue weighted by molar-refractivity contribution is -0.143. The van der Waals surface area contributed by atoms with Crippen molar-refractivity contribution in [3.8, 4) is 0 Å². The lowest BCUT2D eigenvalue weighted by atomic mass is 9.94. The van der Waals surface area contributed by atoms with Crippen LogP contribution in [0.15, 0.2) is 16.6 Å². The van der Waals surface area contributed by atoms with Gasteiger partial charge in [-0.2, -0.15) is 0 Å². The van der Waals surface area contributed by atoms with E-state index < -0.39 is 23.9 Å². The van der Waals surface area contributed by atoms with Crippen LogP contribution in [0.1, 0.15) is 11.1 Å². The van der Waals surface area contributed by atoms with Gasteiger partial charge in [0.1, 0.15) is 11.9 Å². The van der Waals surface area contributed by atoms with Crippen molar-refractivity contribution in [3.63, 3.8) is 0 Å². The molecule has 0 radical (unpaired) electrons. The Labute approximate surface area is 110 Å². The highest BCUT2D eigenvalue weighted by molar-refractivity contribution is 9.10. The molecule has 1 heterocycles. The standard InChI is InChI=1S/C11H9BrFNO4/c12-6-1-5-2-9(10(15)16)14(11(17)18)4-7(5)8(13)3-6/h1,3,9H,2,4H2,(H,15,16)(H,17,18). The third kappa shape index (κ3) is 2.17. The first kappa shape index (κ1) is 12.8. The molecule has 0 spiro atoms. The Morgan fingerprint density at radius 2 is 2.06 bits per heavy atom. The van der Waals surface area contributed by atoms with E-state index in [-0.39, 0.29) is 18.5 Å². The molecule has 96 valence electrons. The van der Waals surface area contributed by atoms with Gasteiger partial charge in [-0.1, -0.05) is 15.9 Å². The Hall–Kier alpha value is -1.63. The van der Waals surface area contributed by atoms with Crippen LogP contribution in [-0.4, -0.2) is 33.2 Å². The number of fused-ring (bicyclic) bond motifs is 1. The zero-order chi connectivity index (χ0) is 13.4. The fourth-order valence-corrected chi connectivity index (χ4v) is 2.51. The second-order valence-corrected chi connectivity index (χ2v) is 4.91. The van der Waals surface area contributed by atoms with E-state index in [0.717, 1.165) is 4.90 Å². The maximum atomic E-state index is 13.7. The van der Waals surface area contributed by atoms with Gasteiger partial charge in [-0.3, -0.25) is 4.90 Å². The fourth-order valence-electron chi connectivity index (χ4n) is 2.04. The summed E-state index contributed by atoms with van der Waals surface area (Å²) in [5.41, 5.74) is 0.755. The molecular formula is C11H9BrFNO4. The van der Waals surface area contributed by atoms with Gasteiger partial charge in [0.05, 0.1) is 6.54 Å². The maximum Gasteiger partial charge on any atom is 0.408 e. The van der Waals surface area contributed by atoms with Gasteiger partial charge in [-0.05, 0) is 17.7 Å². The largest absolute Gasteiger partial charge is 0.480 e. The van der Waals surface area contributed by atoms with E-state index in [1.54, 1.807) is 6.07 Å². The predicted molar refractivity (Wildman–Crippen MR) is 62.8 cm³/mol. The molecule has 1 atom stereocenters. The van der Waals surface area contributed by atoms with E-state index in [9.17, 15) is 14.0 Å². The molecule has 1 aliphatic heterocycles. The Morgan fingerprint density at radius 1 is 1.39 bits per heavy atom. The van der Waals surface area contributed by atoms with Crippen molar-refractivity contribution in [2.45, 2.75) is 19.0 Å². The molecule has 2 rings (SSSR count). The highest BCUT2D eigenvalue weighted by Crippen LogP contribution is 2.28. The second kappa shape index (κ2) is 4.56. The van der Waals surface area contributed by atoms with Gasteiger partial charge in [0.15, 0.2) is 0 Å². The summed E-state index contributed by atoms with van der Waals surface area (Å²) in [6.07, 6.45) is -1.40. The van der Waals surface area contributed by atoms with Gasteiger partial charge in [0.25, 0.3) is 0 Å². The van der Waals surface area contributed by atoms with Crippen LogP contribution in [0.4, 0.5) is 9.18 Å². The van der Waals surface area contributed by atoms with Crippen molar-refractivity contribution in [1.82, 2.24) is 4.90 Å². The van der Waals surface area contributed by atoms with E-state index in [1.807, 2.05) is 0 Å². The highest BCUT2D eigenvalue weighted by Gasteiger charge is 2.35. The van der Waals surface area contributed by atoms with Crippen LogP contribution in [-0.2, 0) is 17.8 Å². The first-order chi connectivity index (χ1) is 8.40. The first-order valence-corrected chi connectivity index (χ1v) is 5.88. The smallest absolute Gasteiger partial charge is 0.408 e. The highest BCUT2D eigenvalue weighted by atomic mass is 79.9. The van der Waals surface area contributed by atoms with E-state index in [2.05, 4.69) is 15.9 Å². The van der Waals surface area contributed by atoms with E-state index in [4.69, 9.17) is 10.2 Å². The molecule has 0 aliphatic carbocycles. The van der Waals surface area contributed by atoms with Crippen molar-refractivity contribution >= 4 is 28.0 Å². The molecule has 1 aromatic carbocycles. The van der Waals surface area contributed by atoms with Crippen LogP contribution in [0.25, 0.3) is 0 Å². The van der Waals surface area contributed by atoms with Crippen LogP contribution in [0.3, 0.4) is 0 Å². The summed E-state index contributed by atoms with van der Waals surface area (Å²) in [5.74, 6) is -1.77. The topological polar surface area (TPSA) is 77.8 Å². The molecule has 1 aliphatic rings. The van der Waals surface area contributed by atoms with Gasteiger partial charge in [-0.15, -0.1) is 0 Å². The number of nitrogens with zero attached hydrogens (tertiary/aromatic N) is 1. The van der Waals surface area contributed by atoms with Crippen LogP contribution >= 0.6 is 15.9 Å². The first-order valence-electron chi connectivity index (χ1n) is 5.09. The third-order valence-electron chi connectivity index (χ3n) is 2.90. The second-order valence-electron chi connectivity index (χ2n) is 3.99. The molecule has 1 unspecified atom stereocenters. The number of carboxylic acid groups (broad SMARTS) is 2. The van der Waals surface area contributed by atoms with E-state index in [0.29, 0.717) is 10.0 Å². The summed E-state index contributed by atoms with van der Waals surface area (Å²) in [6, 6.07) is 1.68. The Kier molecular flexibility index (Phi) is 3.25. The Balaban J connectivity index is 2.47. The monoisotopic (exact) mass is 317 g/mol. The number of aliphatic carboxylic acids is 1. The Bertz CT molecular complexity index is 534. The minimum atomic E-state index is -1.37. The number of halogens is 2. The Morgan fingerprint density at radius 3 is 2.61 bits per heavy atom. The maximum absolute atomic E-state index is 13.7. The van der Waals surface area contributed by atoms with Gasteiger partial charge < -0.3 is 10.2 Å². The van der Waals surface area contributed by atoms with Crippen LogP contribution in [0.5, 0.6) is 0 Å². The molecule has 7 heteroatoms. The number of hydrogen-bond acceptors (Lipinski definition) is 2. The van der Waals surface area contributed by atoms with Crippen LogP contribution in [0, 0.1) is 5.82 Å². The molecule has 2 N–H and O–H groups in total. The van der Waals surface area contributed by atoms with E-state index >= 15 is 0 Å². The minimum Gasteiger partial charge on any atom is -0.480 e. The molecule has 0 bridgehead atoms. The van der Waals surface area contributed by atoms with Crippen molar-refractivity contribution in [1.29, 1.82) is 0 Å². The lowest BCUT2D eigenvalue weighted by Gasteiger charge is -2.32. The number of amides is 1. The van der Waals surface area contributed by atoms with Gasteiger partial charge in [0, 0.05) is 16.5 Å². The number of carbonyl (C=O) groups is 2.